The molecule has 0 atom stereocenters. The number of hydrogen-bond acceptors (Lipinski definition) is 5. The van der Waals surface area contributed by atoms with Gasteiger partial charge in [0.2, 0.25) is 0 Å². The van der Waals surface area contributed by atoms with Crippen molar-refractivity contribution in [3.63, 3.8) is 0 Å². The van der Waals surface area contributed by atoms with Crippen molar-refractivity contribution in [1.29, 1.82) is 0 Å². The van der Waals surface area contributed by atoms with E-state index in [0.717, 1.165) is 23.3 Å². The second-order valence-corrected chi connectivity index (χ2v) is 4.42. The highest BCUT2D eigenvalue weighted by Crippen LogP contribution is 2.16. The minimum absolute atomic E-state index is 0.526. The summed E-state index contributed by atoms with van der Waals surface area (Å²) >= 11 is 0. The van der Waals surface area contributed by atoms with E-state index in [1.165, 1.54) is 13.4 Å². The summed E-state index contributed by atoms with van der Waals surface area (Å²) in [4.78, 5) is 4.87. The third-order valence-corrected chi connectivity index (χ3v) is 2.93. The summed E-state index contributed by atoms with van der Waals surface area (Å²) in [6, 6.07) is 9.29. The first kappa shape index (κ1) is 14.8. The number of oxime groups is 1. The van der Waals surface area contributed by atoms with Gasteiger partial charge in [-0.15, -0.1) is 0 Å². The lowest BCUT2D eigenvalue weighted by Crippen LogP contribution is -2.05. The largest absolute Gasteiger partial charge is 0.489 e. The molecule has 0 saturated carbocycles. The van der Waals surface area contributed by atoms with Crippen LogP contribution in [0.4, 0.5) is 0 Å². The molecule has 0 aliphatic rings. The number of nitrogens with zero attached hydrogens (tertiary/aromatic N) is 2. The molecule has 2 rings (SSSR count). The van der Waals surface area contributed by atoms with Crippen molar-refractivity contribution in [2.45, 2.75) is 13.3 Å². The third kappa shape index (κ3) is 3.95. The molecule has 0 unspecified atom stereocenters. The van der Waals surface area contributed by atoms with Gasteiger partial charge in [0.25, 0.3) is 0 Å². The van der Waals surface area contributed by atoms with Crippen molar-refractivity contribution in [3.05, 3.63) is 60.0 Å². The number of rotatable bonds is 7. The molecule has 0 N–H and O–H groups in total. The second kappa shape index (κ2) is 7.28. The lowest BCUT2D eigenvalue weighted by atomic mass is 10.1. The van der Waals surface area contributed by atoms with Gasteiger partial charge in [0.05, 0.1) is 0 Å². The van der Waals surface area contributed by atoms with Crippen LogP contribution in [0.25, 0.3) is 0 Å². The standard InChI is InChI=1S/C16H18N2O3/c1-4-12(2)11-20-14-7-5-13(6-8-14)16(18-19-3)15-9-10-21-17-15/h5-10H,2,4,11H2,1,3H3/b18-16+. The Balaban J connectivity index is 2.13. The molecule has 110 valence electrons. The summed E-state index contributed by atoms with van der Waals surface area (Å²) in [5, 5.41) is 7.87. The van der Waals surface area contributed by atoms with Crippen LogP contribution in [-0.2, 0) is 4.84 Å². The van der Waals surface area contributed by atoms with Crippen LogP contribution in [0.5, 0.6) is 5.75 Å². The molecule has 0 bridgehead atoms. The van der Waals surface area contributed by atoms with Gasteiger partial charge >= 0.3 is 0 Å². The molecule has 1 aromatic carbocycles. The van der Waals surface area contributed by atoms with E-state index in [9.17, 15) is 0 Å². The van der Waals surface area contributed by atoms with Crippen molar-refractivity contribution in [1.82, 2.24) is 5.16 Å². The lowest BCUT2D eigenvalue weighted by molar-refractivity contribution is 0.213. The average molecular weight is 286 g/mol. The maximum absolute atomic E-state index is 5.64. The number of ether oxygens (including phenoxy) is 1. The van der Waals surface area contributed by atoms with Crippen LogP contribution in [0.2, 0.25) is 0 Å². The molecule has 0 aliphatic carbocycles. The highest BCUT2D eigenvalue weighted by Gasteiger charge is 2.11. The molecule has 1 heterocycles. The van der Waals surface area contributed by atoms with Crippen LogP contribution in [0.3, 0.4) is 0 Å². The molecule has 0 radical (unpaired) electrons. The Morgan fingerprint density at radius 1 is 1.29 bits per heavy atom. The van der Waals surface area contributed by atoms with E-state index in [-0.39, 0.29) is 0 Å². The predicted octanol–water partition coefficient (Wildman–Crippen LogP) is 3.42. The molecule has 0 spiro atoms. The van der Waals surface area contributed by atoms with Gasteiger partial charge in [-0.1, -0.05) is 23.8 Å². The van der Waals surface area contributed by atoms with E-state index >= 15 is 0 Å². The van der Waals surface area contributed by atoms with Crippen LogP contribution in [0.1, 0.15) is 24.6 Å². The molecular weight excluding hydrogens is 268 g/mol. The van der Waals surface area contributed by atoms with Crippen LogP contribution in [0.15, 0.2) is 58.4 Å². The summed E-state index contributed by atoms with van der Waals surface area (Å²) in [7, 11) is 1.49. The first-order valence-electron chi connectivity index (χ1n) is 6.66. The zero-order chi connectivity index (χ0) is 15.1. The van der Waals surface area contributed by atoms with Gasteiger partial charge in [0.1, 0.15) is 37.1 Å². The Morgan fingerprint density at radius 3 is 2.62 bits per heavy atom. The molecular formula is C16H18N2O3. The van der Waals surface area contributed by atoms with E-state index in [0.29, 0.717) is 18.0 Å². The van der Waals surface area contributed by atoms with E-state index in [2.05, 4.69) is 23.8 Å². The van der Waals surface area contributed by atoms with Crippen molar-refractivity contribution < 1.29 is 14.1 Å². The monoisotopic (exact) mass is 286 g/mol. The topological polar surface area (TPSA) is 56.9 Å². The molecule has 21 heavy (non-hydrogen) atoms. The van der Waals surface area contributed by atoms with E-state index in [4.69, 9.17) is 14.1 Å². The smallest absolute Gasteiger partial charge is 0.139 e. The maximum atomic E-state index is 5.64. The van der Waals surface area contributed by atoms with Gasteiger partial charge in [0, 0.05) is 11.6 Å². The van der Waals surface area contributed by atoms with Gasteiger partial charge in [-0.2, -0.15) is 0 Å². The Bertz CT molecular complexity index is 601. The molecule has 5 nitrogen and oxygen atoms in total. The van der Waals surface area contributed by atoms with Crippen molar-refractivity contribution in [3.8, 4) is 5.75 Å². The van der Waals surface area contributed by atoms with Crippen molar-refractivity contribution in [2.75, 3.05) is 13.7 Å². The first-order valence-corrected chi connectivity index (χ1v) is 6.66. The quantitative estimate of drug-likeness (QED) is 0.444. The fraction of sp³-hybridized carbons (Fsp3) is 0.250. The molecule has 0 amide bonds. The van der Waals surface area contributed by atoms with Crippen LogP contribution in [-0.4, -0.2) is 24.6 Å². The van der Waals surface area contributed by atoms with Gasteiger partial charge < -0.3 is 14.1 Å². The number of benzene rings is 1. The minimum atomic E-state index is 0.526. The molecule has 1 aromatic heterocycles. The normalized spacial score (nSPS) is 11.2. The fourth-order valence-electron chi connectivity index (χ4n) is 1.67. The highest BCUT2D eigenvalue weighted by molar-refractivity contribution is 6.11. The van der Waals surface area contributed by atoms with Crippen molar-refractivity contribution in [2.24, 2.45) is 5.16 Å². The Kier molecular flexibility index (Phi) is 5.15. The third-order valence-electron chi connectivity index (χ3n) is 2.93. The van der Waals surface area contributed by atoms with Crippen LogP contribution < -0.4 is 4.74 Å². The molecule has 0 saturated heterocycles. The Hall–Kier alpha value is -2.56. The summed E-state index contributed by atoms with van der Waals surface area (Å²) in [5.41, 5.74) is 3.15. The predicted molar refractivity (Wildman–Crippen MR) is 80.5 cm³/mol. The summed E-state index contributed by atoms with van der Waals surface area (Å²) in [6.07, 6.45) is 2.41. The number of aromatic nitrogens is 1. The van der Waals surface area contributed by atoms with E-state index in [1.54, 1.807) is 6.07 Å². The SMILES string of the molecule is C=C(CC)COc1ccc(/C(=N\OC)c2ccon2)cc1. The summed E-state index contributed by atoms with van der Waals surface area (Å²) in [6.45, 7) is 6.49. The van der Waals surface area contributed by atoms with Gasteiger partial charge in [0.15, 0.2) is 0 Å². The number of hydrogen-bond donors (Lipinski definition) is 0. The zero-order valence-corrected chi connectivity index (χ0v) is 12.2. The maximum Gasteiger partial charge on any atom is 0.139 e. The van der Waals surface area contributed by atoms with Crippen LogP contribution in [0, 0.1) is 0 Å². The summed E-state index contributed by atoms with van der Waals surface area (Å²) < 4.78 is 10.5. The van der Waals surface area contributed by atoms with Gasteiger partial charge in [-0.3, -0.25) is 0 Å². The Morgan fingerprint density at radius 2 is 2.05 bits per heavy atom. The van der Waals surface area contributed by atoms with Gasteiger partial charge in [-0.25, -0.2) is 0 Å². The molecule has 5 heteroatoms. The van der Waals surface area contributed by atoms with E-state index < -0.39 is 0 Å². The highest BCUT2D eigenvalue weighted by atomic mass is 16.6. The molecule has 2 aromatic rings. The summed E-state index contributed by atoms with van der Waals surface area (Å²) in [5.74, 6) is 0.783. The van der Waals surface area contributed by atoms with Gasteiger partial charge in [-0.05, 0) is 36.3 Å². The van der Waals surface area contributed by atoms with Crippen LogP contribution >= 0.6 is 0 Å². The lowest BCUT2D eigenvalue weighted by Gasteiger charge is -2.08. The first-order chi connectivity index (χ1) is 10.2. The molecule has 0 aliphatic heterocycles. The van der Waals surface area contributed by atoms with E-state index in [1.807, 2.05) is 24.3 Å². The van der Waals surface area contributed by atoms with Crippen molar-refractivity contribution >= 4 is 5.71 Å². The molecule has 0 fully saturated rings. The Labute approximate surface area is 123 Å². The average Bonchev–Trinajstić information content (AvgIpc) is 3.05. The minimum Gasteiger partial charge on any atom is -0.489 e. The second-order valence-electron chi connectivity index (χ2n) is 4.42. The zero-order valence-electron chi connectivity index (χ0n) is 12.2. The fourth-order valence-corrected chi connectivity index (χ4v) is 1.67.